The van der Waals surface area contributed by atoms with E-state index >= 15 is 0 Å². The fraction of sp³-hybridized carbons (Fsp3) is 0.684. The number of carbonyl (C=O) groups is 2. The Balaban J connectivity index is 2.29. The minimum Gasteiger partial charge on any atom is -0.460 e. The summed E-state index contributed by atoms with van der Waals surface area (Å²) in [5.41, 5.74) is -0.751. The van der Waals surface area contributed by atoms with Crippen molar-refractivity contribution in [1.82, 2.24) is 0 Å². The molecule has 0 atom stereocenters. The minimum absolute atomic E-state index is 0.00285. The molecule has 1 heterocycles. The maximum atomic E-state index is 11.9. The van der Waals surface area contributed by atoms with Crippen molar-refractivity contribution < 1.29 is 28.2 Å². The van der Waals surface area contributed by atoms with Crippen molar-refractivity contribution in [2.45, 2.75) is 72.0 Å². The molecule has 1 rings (SSSR count). The van der Waals surface area contributed by atoms with Crippen molar-refractivity contribution in [3.8, 4) is 0 Å². The third-order valence-electron chi connectivity index (χ3n) is 2.96. The average Bonchev–Trinajstić information content (AvgIpc) is 2.93. The second-order valence-corrected chi connectivity index (χ2v) is 7.82. The Morgan fingerprint density at radius 1 is 0.840 bits per heavy atom. The van der Waals surface area contributed by atoms with Crippen LogP contribution in [0.4, 0.5) is 0 Å². The Bertz CT molecular complexity index is 559. The Kier molecular flexibility index (Phi) is 7.67. The normalized spacial score (nSPS) is 12.1. The van der Waals surface area contributed by atoms with Crippen LogP contribution >= 0.6 is 0 Å². The smallest absolute Gasteiger partial charge is 0.374 e. The van der Waals surface area contributed by atoms with E-state index in [4.69, 9.17) is 18.6 Å². The van der Waals surface area contributed by atoms with E-state index in [2.05, 4.69) is 0 Å². The molecule has 0 N–H and O–H groups in total. The lowest BCUT2D eigenvalue weighted by Crippen LogP contribution is -2.23. The number of hydrogen-bond acceptors (Lipinski definition) is 6. The molecule has 0 unspecified atom stereocenters. The van der Waals surface area contributed by atoms with E-state index < -0.39 is 17.5 Å². The van der Waals surface area contributed by atoms with E-state index in [0.717, 1.165) is 19.3 Å². The summed E-state index contributed by atoms with van der Waals surface area (Å²) in [6.45, 7) is 12.3. The average molecular weight is 354 g/mol. The van der Waals surface area contributed by atoms with Crippen LogP contribution in [0.5, 0.6) is 0 Å². The zero-order valence-electron chi connectivity index (χ0n) is 16.1. The molecule has 25 heavy (non-hydrogen) atoms. The van der Waals surface area contributed by atoms with Gasteiger partial charge < -0.3 is 18.6 Å². The summed E-state index contributed by atoms with van der Waals surface area (Å²) in [7, 11) is 0. The maximum absolute atomic E-state index is 11.9. The van der Waals surface area contributed by atoms with Crippen molar-refractivity contribution in [1.29, 1.82) is 0 Å². The fourth-order valence-electron chi connectivity index (χ4n) is 1.88. The number of hydrogen-bond donors (Lipinski definition) is 0. The molecule has 0 saturated heterocycles. The summed E-state index contributed by atoms with van der Waals surface area (Å²) in [6.07, 6.45) is 2.57. The number of furan rings is 1. The van der Waals surface area contributed by atoms with E-state index in [1.54, 1.807) is 20.8 Å². The van der Waals surface area contributed by atoms with Crippen LogP contribution < -0.4 is 0 Å². The quantitative estimate of drug-likeness (QED) is 0.509. The molecule has 1 aromatic rings. The van der Waals surface area contributed by atoms with Gasteiger partial charge in [0.15, 0.2) is 0 Å². The fourth-order valence-corrected chi connectivity index (χ4v) is 1.88. The molecule has 0 bridgehead atoms. The maximum Gasteiger partial charge on any atom is 0.374 e. The van der Waals surface area contributed by atoms with Gasteiger partial charge in [0.1, 0.15) is 5.60 Å². The van der Waals surface area contributed by atoms with Gasteiger partial charge in [-0.25, -0.2) is 9.59 Å². The lowest BCUT2D eigenvalue weighted by atomic mass is 10.2. The van der Waals surface area contributed by atoms with Crippen LogP contribution in [0.1, 0.15) is 81.9 Å². The summed E-state index contributed by atoms with van der Waals surface area (Å²) in [5.74, 6) is -1.20. The molecule has 0 spiro atoms. The second kappa shape index (κ2) is 9.04. The number of rotatable bonds is 8. The predicted molar refractivity (Wildman–Crippen MR) is 93.7 cm³/mol. The summed E-state index contributed by atoms with van der Waals surface area (Å²) < 4.78 is 21.2. The molecule has 0 aromatic carbocycles. The Hall–Kier alpha value is -1.82. The van der Waals surface area contributed by atoms with Gasteiger partial charge in [0, 0.05) is 6.61 Å². The van der Waals surface area contributed by atoms with Gasteiger partial charge in [0.2, 0.25) is 11.5 Å². The highest BCUT2D eigenvalue weighted by Gasteiger charge is 2.22. The lowest BCUT2D eigenvalue weighted by molar-refractivity contribution is -0.00520. The standard InChI is InChI=1S/C19H30O6/c1-18(2,3)23-13-9-7-8-12-22-16(20)14-10-11-15(24-14)17(21)25-19(4,5)6/h10-11H,7-9,12-13H2,1-6H3. The highest BCUT2D eigenvalue weighted by molar-refractivity contribution is 5.91. The van der Waals surface area contributed by atoms with E-state index in [1.165, 1.54) is 12.1 Å². The van der Waals surface area contributed by atoms with Crippen LogP contribution in [-0.2, 0) is 14.2 Å². The van der Waals surface area contributed by atoms with Crippen molar-refractivity contribution in [3.05, 3.63) is 23.7 Å². The first kappa shape index (κ1) is 21.2. The van der Waals surface area contributed by atoms with E-state index in [0.29, 0.717) is 13.2 Å². The molecule has 0 aliphatic heterocycles. The van der Waals surface area contributed by atoms with Crippen LogP contribution in [0.2, 0.25) is 0 Å². The van der Waals surface area contributed by atoms with Crippen LogP contribution in [0.15, 0.2) is 16.5 Å². The number of carbonyl (C=O) groups excluding carboxylic acids is 2. The monoisotopic (exact) mass is 354 g/mol. The highest BCUT2D eigenvalue weighted by atomic mass is 16.6. The molecule has 0 aliphatic carbocycles. The van der Waals surface area contributed by atoms with Crippen molar-refractivity contribution in [2.24, 2.45) is 0 Å². The molecule has 1 aromatic heterocycles. The van der Waals surface area contributed by atoms with Crippen LogP contribution in [0.3, 0.4) is 0 Å². The van der Waals surface area contributed by atoms with Crippen LogP contribution in [-0.4, -0.2) is 36.4 Å². The third kappa shape index (κ3) is 9.29. The molecule has 0 fully saturated rings. The number of unbranched alkanes of at least 4 members (excludes halogenated alkanes) is 2. The zero-order chi connectivity index (χ0) is 19.1. The zero-order valence-corrected chi connectivity index (χ0v) is 16.1. The lowest BCUT2D eigenvalue weighted by Gasteiger charge is -2.19. The third-order valence-corrected chi connectivity index (χ3v) is 2.96. The van der Waals surface area contributed by atoms with Crippen LogP contribution in [0, 0.1) is 0 Å². The van der Waals surface area contributed by atoms with Gasteiger partial charge in [-0.05, 0) is 72.9 Å². The van der Waals surface area contributed by atoms with Gasteiger partial charge in [0.25, 0.3) is 0 Å². The first-order chi connectivity index (χ1) is 11.5. The predicted octanol–water partition coefficient (Wildman–Crippen LogP) is 4.38. The SMILES string of the molecule is CC(C)(C)OCCCCCOC(=O)c1ccc(C(=O)OC(C)(C)C)o1. The van der Waals surface area contributed by atoms with Crippen molar-refractivity contribution in [3.63, 3.8) is 0 Å². The number of ether oxygens (including phenoxy) is 3. The molecule has 0 amide bonds. The number of esters is 2. The van der Waals surface area contributed by atoms with E-state index in [-0.39, 0.29) is 17.1 Å². The van der Waals surface area contributed by atoms with Gasteiger partial charge in [-0.15, -0.1) is 0 Å². The van der Waals surface area contributed by atoms with Gasteiger partial charge >= 0.3 is 11.9 Å². The topological polar surface area (TPSA) is 75.0 Å². The van der Waals surface area contributed by atoms with Gasteiger partial charge in [0.05, 0.1) is 12.2 Å². The Morgan fingerprint density at radius 2 is 1.40 bits per heavy atom. The second-order valence-electron chi connectivity index (χ2n) is 7.82. The van der Waals surface area contributed by atoms with E-state index in [9.17, 15) is 9.59 Å². The molecule has 0 aliphatic rings. The first-order valence-electron chi connectivity index (χ1n) is 8.62. The molecular weight excluding hydrogens is 324 g/mol. The Labute approximate surface area is 149 Å². The largest absolute Gasteiger partial charge is 0.460 e. The molecule has 6 nitrogen and oxygen atoms in total. The van der Waals surface area contributed by atoms with Crippen LogP contribution in [0.25, 0.3) is 0 Å². The minimum atomic E-state index is -0.624. The van der Waals surface area contributed by atoms with Gasteiger partial charge in [-0.1, -0.05) is 0 Å². The molecule has 142 valence electrons. The summed E-state index contributed by atoms with van der Waals surface area (Å²) in [4.78, 5) is 23.7. The van der Waals surface area contributed by atoms with Crippen molar-refractivity contribution in [2.75, 3.05) is 13.2 Å². The van der Waals surface area contributed by atoms with Gasteiger partial charge in [-0.2, -0.15) is 0 Å². The van der Waals surface area contributed by atoms with E-state index in [1.807, 2.05) is 20.8 Å². The molecular formula is C19H30O6. The first-order valence-corrected chi connectivity index (χ1v) is 8.62. The summed E-state index contributed by atoms with van der Waals surface area (Å²) in [6, 6.07) is 2.83. The van der Waals surface area contributed by atoms with Crippen molar-refractivity contribution >= 4 is 11.9 Å². The molecule has 6 heteroatoms. The highest BCUT2D eigenvalue weighted by Crippen LogP contribution is 2.15. The molecule has 0 radical (unpaired) electrons. The molecule has 0 saturated carbocycles. The Morgan fingerprint density at radius 3 is 1.96 bits per heavy atom. The summed E-state index contributed by atoms with van der Waals surface area (Å²) >= 11 is 0. The van der Waals surface area contributed by atoms with Gasteiger partial charge in [-0.3, -0.25) is 0 Å². The summed E-state index contributed by atoms with van der Waals surface area (Å²) in [5, 5.41) is 0.